The van der Waals surface area contributed by atoms with Crippen LogP contribution in [0.1, 0.15) is 21.5 Å². The van der Waals surface area contributed by atoms with Gasteiger partial charge in [-0.25, -0.2) is 4.79 Å². The molecule has 0 saturated carbocycles. The second kappa shape index (κ2) is 5.54. The van der Waals surface area contributed by atoms with Gasteiger partial charge in [0, 0.05) is 0 Å². The molecule has 0 bridgehead atoms. The van der Waals surface area contributed by atoms with Crippen molar-refractivity contribution in [3.63, 3.8) is 0 Å². The number of hydrogen-bond acceptors (Lipinski definition) is 3. The molecule has 4 heteroatoms. The highest BCUT2D eigenvalue weighted by atomic mass is 16.5. The second-order valence-corrected chi connectivity index (χ2v) is 4.25. The summed E-state index contributed by atoms with van der Waals surface area (Å²) >= 11 is 0. The van der Waals surface area contributed by atoms with E-state index in [1.807, 2.05) is 25.1 Å². The van der Waals surface area contributed by atoms with E-state index in [9.17, 15) is 4.79 Å². The minimum absolute atomic E-state index is 0.0919. The lowest BCUT2D eigenvalue weighted by atomic mass is 10.1. The highest BCUT2D eigenvalue weighted by Gasteiger charge is 2.08. The molecule has 19 heavy (non-hydrogen) atoms. The Hall–Kier alpha value is -2.33. The van der Waals surface area contributed by atoms with Crippen molar-refractivity contribution in [1.29, 1.82) is 0 Å². The molecule has 0 aliphatic heterocycles. The number of aromatic carboxylic acids is 1. The van der Waals surface area contributed by atoms with Gasteiger partial charge in [-0.15, -0.1) is 0 Å². The van der Waals surface area contributed by atoms with Crippen molar-refractivity contribution in [1.82, 2.24) is 0 Å². The highest BCUT2D eigenvalue weighted by Crippen LogP contribution is 2.25. The van der Waals surface area contributed by atoms with E-state index < -0.39 is 5.97 Å². The van der Waals surface area contributed by atoms with Gasteiger partial charge < -0.3 is 14.9 Å². The number of aryl methyl sites for hydroxylation is 1. The first-order valence-electron chi connectivity index (χ1n) is 5.81. The zero-order valence-electron chi connectivity index (χ0n) is 10.5. The first kappa shape index (κ1) is 13.1. The Kier molecular flexibility index (Phi) is 3.82. The summed E-state index contributed by atoms with van der Waals surface area (Å²) in [6.07, 6.45) is 0. The Morgan fingerprint density at radius 3 is 2.58 bits per heavy atom. The fourth-order valence-electron chi connectivity index (χ4n) is 1.75. The lowest BCUT2D eigenvalue weighted by Gasteiger charge is -2.09. The van der Waals surface area contributed by atoms with E-state index >= 15 is 0 Å². The van der Waals surface area contributed by atoms with Gasteiger partial charge in [-0.2, -0.15) is 0 Å². The maximum Gasteiger partial charge on any atom is 0.335 e. The summed E-state index contributed by atoms with van der Waals surface area (Å²) in [5.41, 5.74) is 1.64. The molecule has 0 spiro atoms. The molecule has 0 fully saturated rings. The third-order valence-corrected chi connectivity index (χ3v) is 2.62. The molecule has 2 aromatic rings. The summed E-state index contributed by atoms with van der Waals surface area (Å²) in [6, 6.07) is 11.9. The number of hydrogen-bond donors (Lipinski definition) is 2. The fraction of sp³-hybridized carbons (Fsp3) is 0.133. The third-order valence-electron chi connectivity index (χ3n) is 2.62. The molecule has 0 amide bonds. The van der Waals surface area contributed by atoms with Gasteiger partial charge in [0.15, 0.2) is 0 Å². The zero-order chi connectivity index (χ0) is 13.8. The molecule has 0 radical (unpaired) electrons. The quantitative estimate of drug-likeness (QED) is 0.884. The number of aliphatic hydroxyl groups excluding tert-OH is 1. The number of rotatable bonds is 4. The van der Waals surface area contributed by atoms with E-state index in [4.69, 9.17) is 14.9 Å². The van der Waals surface area contributed by atoms with E-state index in [2.05, 4.69) is 0 Å². The number of carbonyl (C=O) groups is 1. The standard InChI is InChI=1S/C15H14O4/c1-10-3-2-4-13(5-10)19-14-7-11(9-16)6-12(8-14)15(17)18/h2-8,16H,9H2,1H3,(H,17,18). The van der Waals surface area contributed by atoms with E-state index in [-0.39, 0.29) is 12.2 Å². The molecule has 0 unspecified atom stereocenters. The normalized spacial score (nSPS) is 10.2. The largest absolute Gasteiger partial charge is 0.478 e. The molecule has 2 N–H and O–H groups in total. The average molecular weight is 258 g/mol. The van der Waals surface area contributed by atoms with E-state index in [0.29, 0.717) is 17.1 Å². The monoisotopic (exact) mass is 258 g/mol. The second-order valence-electron chi connectivity index (χ2n) is 4.25. The average Bonchev–Trinajstić information content (AvgIpc) is 2.38. The predicted octanol–water partition coefficient (Wildman–Crippen LogP) is 2.98. The minimum atomic E-state index is -1.05. The van der Waals surface area contributed by atoms with Crippen molar-refractivity contribution < 1.29 is 19.7 Å². The van der Waals surface area contributed by atoms with Crippen LogP contribution >= 0.6 is 0 Å². The Morgan fingerprint density at radius 1 is 1.16 bits per heavy atom. The summed E-state index contributed by atoms with van der Waals surface area (Å²) in [6.45, 7) is 1.71. The molecule has 0 aromatic heterocycles. The maximum atomic E-state index is 11.0. The Morgan fingerprint density at radius 2 is 1.95 bits per heavy atom. The Balaban J connectivity index is 2.34. The predicted molar refractivity (Wildman–Crippen MR) is 70.6 cm³/mol. The number of carboxylic acids is 1. The Labute approximate surface area is 110 Å². The summed E-state index contributed by atoms with van der Waals surface area (Å²) in [7, 11) is 0. The van der Waals surface area contributed by atoms with Crippen LogP contribution in [0.2, 0.25) is 0 Å². The lowest BCUT2D eigenvalue weighted by Crippen LogP contribution is -1.99. The first-order valence-corrected chi connectivity index (χ1v) is 5.81. The number of carboxylic acid groups (broad SMARTS) is 1. The van der Waals surface area contributed by atoms with Crippen LogP contribution in [0.5, 0.6) is 11.5 Å². The zero-order valence-corrected chi connectivity index (χ0v) is 10.5. The van der Waals surface area contributed by atoms with Crippen molar-refractivity contribution >= 4 is 5.97 Å². The molecular formula is C15H14O4. The van der Waals surface area contributed by atoms with Gasteiger partial charge in [-0.05, 0) is 48.4 Å². The first-order chi connectivity index (χ1) is 9.08. The van der Waals surface area contributed by atoms with Gasteiger partial charge in [-0.3, -0.25) is 0 Å². The molecule has 0 atom stereocenters. The molecular weight excluding hydrogens is 244 g/mol. The lowest BCUT2D eigenvalue weighted by molar-refractivity contribution is 0.0696. The van der Waals surface area contributed by atoms with Crippen molar-refractivity contribution in [3.8, 4) is 11.5 Å². The molecule has 2 rings (SSSR count). The van der Waals surface area contributed by atoms with E-state index in [1.54, 1.807) is 12.1 Å². The summed E-state index contributed by atoms with van der Waals surface area (Å²) < 4.78 is 5.62. The van der Waals surface area contributed by atoms with E-state index in [1.165, 1.54) is 12.1 Å². The number of benzene rings is 2. The van der Waals surface area contributed by atoms with Crippen molar-refractivity contribution in [3.05, 3.63) is 59.2 Å². The fourth-order valence-corrected chi connectivity index (χ4v) is 1.75. The molecule has 2 aromatic carbocycles. The van der Waals surface area contributed by atoms with Crippen LogP contribution in [0.3, 0.4) is 0 Å². The Bertz CT molecular complexity index is 605. The maximum absolute atomic E-state index is 11.0. The number of aliphatic hydroxyl groups is 1. The molecule has 0 aliphatic carbocycles. The van der Waals surface area contributed by atoms with Crippen molar-refractivity contribution in [2.45, 2.75) is 13.5 Å². The minimum Gasteiger partial charge on any atom is -0.478 e. The molecule has 0 heterocycles. The SMILES string of the molecule is Cc1cccc(Oc2cc(CO)cc(C(=O)O)c2)c1. The summed E-state index contributed by atoms with van der Waals surface area (Å²) in [5, 5.41) is 18.1. The van der Waals surface area contributed by atoms with Crippen molar-refractivity contribution in [2.75, 3.05) is 0 Å². The molecule has 0 aliphatic rings. The van der Waals surface area contributed by atoms with Crippen LogP contribution in [0, 0.1) is 6.92 Å². The highest BCUT2D eigenvalue weighted by molar-refractivity contribution is 5.88. The summed E-state index contributed by atoms with van der Waals surface area (Å²) in [4.78, 5) is 11.0. The van der Waals surface area contributed by atoms with Gasteiger partial charge in [0.2, 0.25) is 0 Å². The number of ether oxygens (including phenoxy) is 1. The van der Waals surface area contributed by atoms with Gasteiger partial charge >= 0.3 is 5.97 Å². The van der Waals surface area contributed by atoms with Gasteiger partial charge in [0.25, 0.3) is 0 Å². The van der Waals surface area contributed by atoms with Crippen LogP contribution < -0.4 is 4.74 Å². The van der Waals surface area contributed by atoms with Gasteiger partial charge in [-0.1, -0.05) is 12.1 Å². The third kappa shape index (κ3) is 3.33. The van der Waals surface area contributed by atoms with Crippen LogP contribution in [-0.4, -0.2) is 16.2 Å². The van der Waals surface area contributed by atoms with Gasteiger partial charge in [0.05, 0.1) is 12.2 Å². The van der Waals surface area contributed by atoms with Crippen LogP contribution in [-0.2, 0) is 6.61 Å². The van der Waals surface area contributed by atoms with Gasteiger partial charge in [0.1, 0.15) is 11.5 Å². The molecule has 0 saturated heterocycles. The molecule has 98 valence electrons. The van der Waals surface area contributed by atoms with Crippen molar-refractivity contribution in [2.24, 2.45) is 0 Å². The van der Waals surface area contributed by atoms with E-state index in [0.717, 1.165) is 5.56 Å². The van der Waals surface area contributed by atoms with Crippen LogP contribution in [0.25, 0.3) is 0 Å². The smallest absolute Gasteiger partial charge is 0.335 e. The van der Waals surface area contributed by atoms with Crippen LogP contribution in [0.15, 0.2) is 42.5 Å². The molecule has 4 nitrogen and oxygen atoms in total. The summed E-state index contributed by atoms with van der Waals surface area (Å²) in [5.74, 6) is -0.0228. The topological polar surface area (TPSA) is 66.8 Å². The van der Waals surface area contributed by atoms with Crippen LogP contribution in [0.4, 0.5) is 0 Å².